The van der Waals surface area contributed by atoms with E-state index in [-0.39, 0.29) is 5.41 Å². The van der Waals surface area contributed by atoms with Gasteiger partial charge in [0, 0.05) is 19.1 Å². The Morgan fingerprint density at radius 3 is 1.80 bits per heavy atom. The summed E-state index contributed by atoms with van der Waals surface area (Å²) in [6.45, 7) is 17.9. The number of rotatable bonds is 11. The van der Waals surface area contributed by atoms with Crippen molar-refractivity contribution in [3.63, 3.8) is 0 Å². The number of hydrogen-bond donors (Lipinski definition) is 0. The van der Waals surface area contributed by atoms with Crippen molar-refractivity contribution in [3.05, 3.63) is 0 Å². The van der Waals surface area contributed by atoms with Gasteiger partial charge in [0.2, 0.25) is 0 Å². The average molecular weight is 303 g/mol. The van der Waals surface area contributed by atoms with E-state index in [4.69, 9.17) is 9.16 Å². The van der Waals surface area contributed by atoms with Crippen molar-refractivity contribution in [1.29, 1.82) is 0 Å². The van der Waals surface area contributed by atoms with Crippen LogP contribution in [-0.2, 0) is 9.16 Å². The molecule has 0 fully saturated rings. The molecule has 3 heteroatoms. The second-order valence-corrected chi connectivity index (χ2v) is 12.2. The quantitative estimate of drug-likeness (QED) is 0.479. The van der Waals surface area contributed by atoms with Crippen LogP contribution in [0, 0.1) is 17.3 Å². The van der Waals surface area contributed by atoms with Crippen LogP contribution in [0.3, 0.4) is 0 Å². The van der Waals surface area contributed by atoms with Gasteiger partial charge in [-0.2, -0.15) is 0 Å². The van der Waals surface area contributed by atoms with E-state index >= 15 is 0 Å². The highest BCUT2D eigenvalue weighted by Crippen LogP contribution is 2.35. The topological polar surface area (TPSA) is 18.5 Å². The Bertz CT molecular complexity index is 239. The van der Waals surface area contributed by atoms with Gasteiger partial charge < -0.3 is 9.16 Å². The van der Waals surface area contributed by atoms with Gasteiger partial charge in [-0.25, -0.2) is 0 Å². The van der Waals surface area contributed by atoms with E-state index in [2.05, 4.69) is 47.7 Å². The summed E-state index contributed by atoms with van der Waals surface area (Å²) in [5, 5.41) is 0. The van der Waals surface area contributed by atoms with Crippen LogP contribution in [0.25, 0.3) is 0 Å². The Morgan fingerprint density at radius 1 is 0.950 bits per heavy atom. The van der Waals surface area contributed by atoms with Gasteiger partial charge in [0.25, 0.3) is 0 Å². The minimum atomic E-state index is -1.50. The van der Waals surface area contributed by atoms with Crippen LogP contribution in [0.15, 0.2) is 0 Å². The minimum absolute atomic E-state index is 0.190. The van der Waals surface area contributed by atoms with Gasteiger partial charge in [-0.3, -0.25) is 0 Å². The van der Waals surface area contributed by atoms with Crippen LogP contribution in [-0.4, -0.2) is 28.6 Å². The van der Waals surface area contributed by atoms with Crippen LogP contribution in [0.5, 0.6) is 0 Å². The molecule has 0 atom stereocenters. The first-order valence-corrected chi connectivity index (χ1v) is 11.4. The average Bonchev–Trinajstić information content (AvgIpc) is 2.25. The molecule has 0 unspecified atom stereocenters. The zero-order valence-electron chi connectivity index (χ0n) is 15.2. The SMILES string of the molecule is CCC[Si](C)(C)OCC(COC)(CC(C)C)CC(C)C. The summed E-state index contributed by atoms with van der Waals surface area (Å²) < 4.78 is 12.0. The molecule has 0 aliphatic rings. The van der Waals surface area contributed by atoms with Crippen LogP contribution < -0.4 is 0 Å². The smallest absolute Gasteiger partial charge is 0.186 e. The largest absolute Gasteiger partial charge is 0.417 e. The first-order valence-electron chi connectivity index (χ1n) is 8.29. The third-order valence-corrected chi connectivity index (χ3v) is 6.38. The van der Waals surface area contributed by atoms with Gasteiger partial charge in [0.15, 0.2) is 8.32 Å². The Morgan fingerprint density at radius 2 is 1.45 bits per heavy atom. The Labute approximate surface area is 128 Å². The minimum Gasteiger partial charge on any atom is -0.417 e. The number of hydrogen-bond acceptors (Lipinski definition) is 2. The summed E-state index contributed by atoms with van der Waals surface area (Å²) in [6.07, 6.45) is 3.61. The van der Waals surface area contributed by atoms with E-state index in [0.29, 0.717) is 11.8 Å². The summed E-state index contributed by atoms with van der Waals surface area (Å²) in [5.74, 6) is 1.37. The predicted molar refractivity (Wildman–Crippen MR) is 91.8 cm³/mol. The van der Waals surface area contributed by atoms with Gasteiger partial charge in [-0.05, 0) is 43.8 Å². The molecule has 0 rings (SSSR count). The summed E-state index contributed by atoms with van der Waals surface area (Å²) in [4.78, 5) is 0. The molecule has 0 aliphatic heterocycles. The molecule has 2 nitrogen and oxygen atoms in total. The van der Waals surface area contributed by atoms with Gasteiger partial charge in [-0.15, -0.1) is 0 Å². The molecule has 122 valence electrons. The molecule has 0 N–H and O–H groups in total. The molecule has 0 aromatic rings. The van der Waals surface area contributed by atoms with E-state index in [1.807, 2.05) is 7.11 Å². The highest BCUT2D eigenvalue weighted by molar-refractivity contribution is 6.71. The van der Waals surface area contributed by atoms with Crippen molar-refractivity contribution in [1.82, 2.24) is 0 Å². The lowest BCUT2D eigenvalue weighted by atomic mass is 9.75. The van der Waals surface area contributed by atoms with E-state index in [9.17, 15) is 0 Å². The molecule has 0 bridgehead atoms. The molecule has 0 radical (unpaired) electrons. The van der Waals surface area contributed by atoms with E-state index in [1.54, 1.807) is 0 Å². The van der Waals surface area contributed by atoms with Crippen LogP contribution in [0.1, 0.15) is 53.9 Å². The third kappa shape index (κ3) is 8.43. The van der Waals surface area contributed by atoms with Crippen molar-refractivity contribution in [2.75, 3.05) is 20.3 Å². The molecule has 0 saturated carbocycles. The first kappa shape index (κ1) is 20.1. The fourth-order valence-electron chi connectivity index (χ4n) is 3.42. The van der Waals surface area contributed by atoms with Crippen LogP contribution in [0.2, 0.25) is 19.1 Å². The number of ether oxygens (including phenoxy) is 1. The highest BCUT2D eigenvalue weighted by Gasteiger charge is 2.35. The molecular formula is C17H38O2Si. The van der Waals surface area contributed by atoms with E-state index < -0.39 is 8.32 Å². The van der Waals surface area contributed by atoms with Crippen LogP contribution in [0.4, 0.5) is 0 Å². The molecule has 0 spiro atoms. The lowest BCUT2D eigenvalue weighted by molar-refractivity contribution is 0.00510. The Kier molecular flexibility index (Phi) is 9.28. The molecule has 0 aromatic carbocycles. The maximum Gasteiger partial charge on any atom is 0.186 e. The standard InChI is InChI=1S/C17H38O2Si/c1-9-10-20(7,8)19-14-17(13-18-6,11-15(2)3)12-16(4)5/h15-16H,9-14H2,1-8H3. The molecule has 0 amide bonds. The summed E-state index contributed by atoms with van der Waals surface area (Å²) in [5.41, 5.74) is 0.190. The molecule has 0 aromatic heterocycles. The van der Waals surface area contributed by atoms with E-state index in [0.717, 1.165) is 13.2 Å². The fourth-order valence-corrected chi connectivity index (χ4v) is 5.47. The lowest BCUT2D eigenvalue weighted by Crippen LogP contribution is -2.41. The third-order valence-electron chi connectivity index (χ3n) is 3.75. The molecule has 20 heavy (non-hydrogen) atoms. The molecule has 0 saturated heterocycles. The normalized spacial score (nSPS) is 13.5. The van der Waals surface area contributed by atoms with Crippen molar-refractivity contribution >= 4 is 8.32 Å². The van der Waals surface area contributed by atoms with Gasteiger partial charge in [0.05, 0.1) is 6.61 Å². The maximum atomic E-state index is 6.45. The van der Waals surface area contributed by atoms with Crippen molar-refractivity contribution in [2.24, 2.45) is 17.3 Å². The van der Waals surface area contributed by atoms with E-state index in [1.165, 1.54) is 25.3 Å². The zero-order valence-corrected chi connectivity index (χ0v) is 16.2. The number of methoxy groups -OCH3 is 1. The molecule has 0 heterocycles. The molecule has 0 aliphatic carbocycles. The monoisotopic (exact) mass is 302 g/mol. The van der Waals surface area contributed by atoms with Crippen LogP contribution >= 0.6 is 0 Å². The second-order valence-electron chi connectivity index (χ2n) is 7.93. The summed E-state index contributed by atoms with van der Waals surface area (Å²) >= 11 is 0. The summed E-state index contributed by atoms with van der Waals surface area (Å²) in [6, 6.07) is 1.25. The van der Waals surface area contributed by atoms with Gasteiger partial charge >= 0.3 is 0 Å². The predicted octanol–water partition coefficient (Wildman–Crippen LogP) is 5.34. The Hall–Kier alpha value is 0.137. The van der Waals surface area contributed by atoms with Crippen molar-refractivity contribution in [3.8, 4) is 0 Å². The van der Waals surface area contributed by atoms with Gasteiger partial charge in [0.1, 0.15) is 0 Å². The maximum absolute atomic E-state index is 6.45. The highest BCUT2D eigenvalue weighted by atomic mass is 28.4. The summed E-state index contributed by atoms with van der Waals surface area (Å²) in [7, 11) is 0.324. The van der Waals surface area contributed by atoms with Crippen molar-refractivity contribution in [2.45, 2.75) is 73.0 Å². The first-order chi connectivity index (χ1) is 9.16. The molecular weight excluding hydrogens is 264 g/mol. The fraction of sp³-hybridized carbons (Fsp3) is 1.00. The zero-order chi connectivity index (χ0) is 15.8. The second kappa shape index (κ2) is 9.21. The Balaban J connectivity index is 4.87. The van der Waals surface area contributed by atoms with Gasteiger partial charge in [-0.1, -0.05) is 41.0 Å². The van der Waals surface area contributed by atoms with Crippen molar-refractivity contribution < 1.29 is 9.16 Å². The lowest BCUT2D eigenvalue weighted by Gasteiger charge is -2.39.